The Morgan fingerprint density at radius 3 is 2.45 bits per heavy atom. The van der Waals surface area contributed by atoms with Crippen LogP contribution in [0.25, 0.3) is 0 Å². The van der Waals surface area contributed by atoms with Crippen molar-refractivity contribution in [3.05, 3.63) is 52.5 Å². The van der Waals surface area contributed by atoms with Gasteiger partial charge < -0.3 is 15.4 Å². The molecule has 0 saturated carbocycles. The number of hydrogen-bond acceptors (Lipinski definition) is 2. The number of ether oxygens (including phenoxy) is 1. The van der Waals surface area contributed by atoms with E-state index in [1.807, 2.05) is 43.3 Å². The zero-order valence-corrected chi connectivity index (χ0v) is 12.8. The molecule has 2 N–H and O–H groups in total. The van der Waals surface area contributed by atoms with Gasteiger partial charge in [-0.25, -0.2) is 4.79 Å². The lowest BCUT2D eigenvalue weighted by atomic mass is 10.2. The van der Waals surface area contributed by atoms with Gasteiger partial charge in [-0.05, 0) is 47.1 Å². The van der Waals surface area contributed by atoms with Crippen LogP contribution in [-0.2, 0) is 0 Å². The zero-order chi connectivity index (χ0) is 14.5. The molecule has 0 aromatic heterocycles. The molecule has 2 aromatic rings. The SMILES string of the molecule is COc1ccc(Br)c(NC(=O)Nc2ccc(C)cc2)c1. The van der Waals surface area contributed by atoms with Crippen molar-refractivity contribution in [3.8, 4) is 5.75 Å². The highest BCUT2D eigenvalue weighted by Crippen LogP contribution is 2.27. The quantitative estimate of drug-likeness (QED) is 0.873. The molecule has 0 atom stereocenters. The minimum absolute atomic E-state index is 0.303. The Hall–Kier alpha value is -2.01. The van der Waals surface area contributed by atoms with E-state index in [1.54, 1.807) is 13.2 Å². The molecule has 2 rings (SSSR count). The summed E-state index contributed by atoms with van der Waals surface area (Å²) in [7, 11) is 1.58. The summed E-state index contributed by atoms with van der Waals surface area (Å²) in [4.78, 5) is 11.9. The first-order valence-corrected chi connectivity index (χ1v) is 6.86. The number of halogens is 1. The maximum absolute atomic E-state index is 11.9. The normalized spacial score (nSPS) is 9.95. The van der Waals surface area contributed by atoms with Gasteiger partial charge in [0.15, 0.2) is 0 Å². The molecule has 0 aliphatic carbocycles. The van der Waals surface area contributed by atoms with Gasteiger partial charge in [0, 0.05) is 16.2 Å². The second kappa shape index (κ2) is 6.43. The third kappa shape index (κ3) is 3.74. The first kappa shape index (κ1) is 14.4. The Morgan fingerprint density at radius 2 is 1.80 bits per heavy atom. The molecule has 104 valence electrons. The monoisotopic (exact) mass is 334 g/mol. The Morgan fingerprint density at radius 1 is 1.10 bits per heavy atom. The number of hydrogen-bond donors (Lipinski definition) is 2. The van der Waals surface area contributed by atoms with Crippen molar-refractivity contribution in [1.82, 2.24) is 0 Å². The Bertz CT molecular complexity index is 612. The number of methoxy groups -OCH3 is 1. The molecule has 4 nitrogen and oxygen atoms in total. The molecule has 5 heteroatoms. The predicted octanol–water partition coefficient (Wildman–Crippen LogP) is 4.41. The minimum Gasteiger partial charge on any atom is -0.497 e. The van der Waals surface area contributed by atoms with Crippen LogP contribution in [0.5, 0.6) is 5.75 Å². The van der Waals surface area contributed by atoms with Crippen LogP contribution in [0.2, 0.25) is 0 Å². The molecule has 2 aromatic carbocycles. The highest BCUT2D eigenvalue weighted by molar-refractivity contribution is 9.10. The van der Waals surface area contributed by atoms with Crippen molar-refractivity contribution in [1.29, 1.82) is 0 Å². The van der Waals surface area contributed by atoms with Gasteiger partial charge in [0.1, 0.15) is 5.75 Å². The molecule has 0 heterocycles. The van der Waals surface area contributed by atoms with Crippen LogP contribution >= 0.6 is 15.9 Å². The van der Waals surface area contributed by atoms with Crippen LogP contribution in [0.3, 0.4) is 0 Å². The molecule has 20 heavy (non-hydrogen) atoms. The van der Waals surface area contributed by atoms with Crippen molar-refractivity contribution >= 4 is 33.3 Å². The van der Waals surface area contributed by atoms with Crippen LogP contribution in [-0.4, -0.2) is 13.1 Å². The van der Waals surface area contributed by atoms with E-state index in [4.69, 9.17) is 4.74 Å². The summed E-state index contributed by atoms with van der Waals surface area (Å²) in [6, 6.07) is 12.7. The summed E-state index contributed by atoms with van der Waals surface area (Å²) in [6.45, 7) is 2.00. The number of urea groups is 1. The lowest BCUT2D eigenvalue weighted by Crippen LogP contribution is -2.19. The van der Waals surface area contributed by atoms with E-state index in [0.717, 1.165) is 15.7 Å². The number of amides is 2. The molecule has 0 unspecified atom stereocenters. The van der Waals surface area contributed by atoms with Crippen LogP contribution in [0.1, 0.15) is 5.56 Å². The average molecular weight is 335 g/mol. The highest BCUT2D eigenvalue weighted by atomic mass is 79.9. The first-order valence-electron chi connectivity index (χ1n) is 6.06. The Balaban J connectivity index is 2.06. The van der Waals surface area contributed by atoms with E-state index in [1.165, 1.54) is 0 Å². The summed E-state index contributed by atoms with van der Waals surface area (Å²) >= 11 is 3.39. The zero-order valence-electron chi connectivity index (χ0n) is 11.2. The third-order valence-corrected chi connectivity index (χ3v) is 3.42. The van der Waals surface area contributed by atoms with E-state index in [-0.39, 0.29) is 6.03 Å². The summed E-state index contributed by atoms with van der Waals surface area (Å²) in [6.07, 6.45) is 0. The third-order valence-electron chi connectivity index (χ3n) is 2.73. The molecule has 0 aliphatic heterocycles. The fourth-order valence-corrected chi connectivity index (χ4v) is 1.99. The minimum atomic E-state index is -0.303. The van der Waals surface area contributed by atoms with Gasteiger partial charge in [0.05, 0.1) is 12.8 Å². The number of anilines is 2. The molecule has 0 aliphatic rings. The van der Waals surface area contributed by atoms with Gasteiger partial charge in [-0.1, -0.05) is 17.7 Å². The summed E-state index contributed by atoms with van der Waals surface area (Å²) in [5.74, 6) is 0.679. The second-order valence-electron chi connectivity index (χ2n) is 4.29. The lowest BCUT2D eigenvalue weighted by molar-refractivity contribution is 0.262. The molecular formula is C15H15BrN2O2. The fourth-order valence-electron chi connectivity index (χ4n) is 1.65. The number of nitrogens with one attached hydrogen (secondary N) is 2. The standard InChI is InChI=1S/C15H15BrN2O2/c1-10-3-5-11(6-4-10)17-15(19)18-14-9-12(20-2)7-8-13(14)16/h3-9H,1-2H3,(H2,17,18,19). The van der Waals surface area contributed by atoms with E-state index in [2.05, 4.69) is 26.6 Å². The summed E-state index contributed by atoms with van der Waals surface area (Å²) in [5, 5.41) is 5.54. The van der Waals surface area contributed by atoms with Crippen molar-refractivity contribution in [2.75, 3.05) is 17.7 Å². The number of carbonyl (C=O) groups excluding carboxylic acids is 1. The molecule has 0 radical (unpaired) electrons. The second-order valence-corrected chi connectivity index (χ2v) is 5.15. The van der Waals surface area contributed by atoms with Crippen LogP contribution in [0.4, 0.5) is 16.2 Å². The number of benzene rings is 2. The molecule has 0 saturated heterocycles. The van der Waals surface area contributed by atoms with Gasteiger partial charge >= 0.3 is 6.03 Å². The highest BCUT2D eigenvalue weighted by Gasteiger charge is 2.07. The number of carbonyl (C=O) groups is 1. The van der Waals surface area contributed by atoms with Crippen LogP contribution in [0.15, 0.2) is 46.9 Å². The number of aryl methyl sites for hydroxylation is 1. The van der Waals surface area contributed by atoms with Gasteiger partial charge in [-0.3, -0.25) is 0 Å². The maximum atomic E-state index is 11.9. The predicted molar refractivity (Wildman–Crippen MR) is 84.5 cm³/mol. The average Bonchev–Trinajstić information content (AvgIpc) is 2.44. The van der Waals surface area contributed by atoms with Crippen molar-refractivity contribution in [2.24, 2.45) is 0 Å². The van der Waals surface area contributed by atoms with Crippen molar-refractivity contribution < 1.29 is 9.53 Å². The van der Waals surface area contributed by atoms with E-state index < -0.39 is 0 Å². The van der Waals surface area contributed by atoms with E-state index in [0.29, 0.717) is 11.4 Å². The fraction of sp³-hybridized carbons (Fsp3) is 0.133. The largest absolute Gasteiger partial charge is 0.497 e. The maximum Gasteiger partial charge on any atom is 0.323 e. The molecule has 0 bridgehead atoms. The summed E-state index contributed by atoms with van der Waals surface area (Å²) < 4.78 is 5.92. The van der Waals surface area contributed by atoms with Crippen molar-refractivity contribution in [2.45, 2.75) is 6.92 Å². The Labute approximate surface area is 126 Å². The van der Waals surface area contributed by atoms with E-state index in [9.17, 15) is 4.79 Å². The topological polar surface area (TPSA) is 50.4 Å². The molecule has 0 fully saturated rings. The molecule has 0 spiro atoms. The Kier molecular flexibility index (Phi) is 4.63. The van der Waals surface area contributed by atoms with Crippen LogP contribution in [0, 0.1) is 6.92 Å². The van der Waals surface area contributed by atoms with Gasteiger partial charge in [-0.2, -0.15) is 0 Å². The number of rotatable bonds is 3. The summed E-state index contributed by atoms with van der Waals surface area (Å²) in [5.41, 5.74) is 2.53. The molecule has 2 amide bonds. The van der Waals surface area contributed by atoms with Gasteiger partial charge in [0.2, 0.25) is 0 Å². The van der Waals surface area contributed by atoms with Crippen molar-refractivity contribution in [3.63, 3.8) is 0 Å². The first-order chi connectivity index (χ1) is 9.58. The van der Waals surface area contributed by atoms with E-state index >= 15 is 0 Å². The smallest absolute Gasteiger partial charge is 0.323 e. The van der Waals surface area contributed by atoms with Gasteiger partial charge in [-0.15, -0.1) is 0 Å². The van der Waals surface area contributed by atoms with Gasteiger partial charge in [0.25, 0.3) is 0 Å². The van der Waals surface area contributed by atoms with Crippen LogP contribution < -0.4 is 15.4 Å². The lowest BCUT2D eigenvalue weighted by Gasteiger charge is -2.10. The molecular weight excluding hydrogens is 320 g/mol.